The van der Waals surface area contributed by atoms with E-state index in [9.17, 15) is 13.2 Å². The van der Waals surface area contributed by atoms with Crippen LogP contribution in [0, 0.1) is 11.3 Å². The predicted molar refractivity (Wildman–Crippen MR) is 68.1 cm³/mol. The largest absolute Gasteiger partial charge is 0.478 e. The molecule has 0 fully saturated rings. The second-order valence-electron chi connectivity index (χ2n) is 3.73. The summed E-state index contributed by atoms with van der Waals surface area (Å²) in [5.74, 6) is -1.11. The van der Waals surface area contributed by atoms with Crippen LogP contribution in [0.5, 0.6) is 0 Å². The van der Waals surface area contributed by atoms with E-state index in [-0.39, 0.29) is 30.0 Å². The zero-order chi connectivity index (χ0) is 14.5. The summed E-state index contributed by atoms with van der Waals surface area (Å²) >= 11 is 0. The maximum Gasteiger partial charge on any atom is 0.335 e. The van der Waals surface area contributed by atoms with Crippen LogP contribution in [0.3, 0.4) is 0 Å². The molecule has 7 heteroatoms. The number of carboxylic acid groups (broad SMARTS) is 1. The Morgan fingerprint density at radius 2 is 1.95 bits per heavy atom. The Labute approximate surface area is 111 Å². The number of hydrogen-bond donors (Lipinski definition) is 1. The van der Waals surface area contributed by atoms with Gasteiger partial charge in [-0.15, -0.1) is 0 Å². The summed E-state index contributed by atoms with van der Waals surface area (Å²) in [6, 6.07) is 6.90. The molecule has 0 atom stereocenters. The molecule has 6 nitrogen and oxygen atoms in total. The Morgan fingerprint density at radius 3 is 2.37 bits per heavy atom. The molecule has 102 valence electrons. The van der Waals surface area contributed by atoms with Crippen molar-refractivity contribution in [1.29, 1.82) is 5.26 Å². The van der Waals surface area contributed by atoms with E-state index >= 15 is 0 Å². The van der Waals surface area contributed by atoms with Crippen LogP contribution in [0.25, 0.3) is 0 Å². The summed E-state index contributed by atoms with van der Waals surface area (Å²) in [5, 5.41) is 17.3. The second kappa shape index (κ2) is 6.31. The van der Waals surface area contributed by atoms with Crippen LogP contribution in [0.15, 0.2) is 29.2 Å². The highest BCUT2D eigenvalue weighted by Crippen LogP contribution is 2.16. The molecule has 0 aromatic heterocycles. The van der Waals surface area contributed by atoms with E-state index < -0.39 is 16.0 Å². The highest BCUT2D eigenvalue weighted by Gasteiger charge is 2.22. The van der Waals surface area contributed by atoms with Gasteiger partial charge in [-0.05, 0) is 24.3 Å². The van der Waals surface area contributed by atoms with Gasteiger partial charge in [0.25, 0.3) is 0 Å². The highest BCUT2D eigenvalue weighted by molar-refractivity contribution is 7.89. The minimum Gasteiger partial charge on any atom is -0.478 e. The van der Waals surface area contributed by atoms with Crippen molar-refractivity contribution in [3.63, 3.8) is 0 Å². The van der Waals surface area contributed by atoms with Gasteiger partial charge < -0.3 is 5.11 Å². The van der Waals surface area contributed by atoms with Gasteiger partial charge in [0.1, 0.15) is 0 Å². The molecule has 0 heterocycles. The predicted octanol–water partition coefficient (Wildman–Crippen LogP) is 1.31. The lowest BCUT2D eigenvalue weighted by Gasteiger charge is -2.19. The molecule has 0 aliphatic rings. The van der Waals surface area contributed by atoms with Gasteiger partial charge in [0.2, 0.25) is 10.0 Å². The Balaban J connectivity index is 3.05. The van der Waals surface area contributed by atoms with Crippen molar-refractivity contribution in [2.75, 3.05) is 13.1 Å². The molecule has 1 rings (SSSR count). The minimum absolute atomic E-state index is 0.0253. The van der Waals surface area contributed by atoms with Gasteiger partial charge in [0.05, 0.1) is 16.5 Å². The molecule has 0 unspecified atom stereocenters. The topological polar surface area (TPSA) is 98.5 Å². The average molecular weight is 282 g/mol. The van der Waals surface area contributed by atoms with Gasteiger partial charge in [-0.2, -0.15) is 9.57 Å². The van der Waals surface area contributed by atoms with E-state index in [1.54, 1.807) is 6.92 Å². The zero-order valence-corrected chi connectivity index (χ0v) is 11.2. The van der Waals surface area contributed by atoms with Crippen LogP contribution in [0.2, 0.25) is 0 Å². The van der Waals surface area contributed by atoms with Gasteiger partial charge in [-0.25, -0.2) is 13.2 Å². The van der Waals surface area contributed by atoms with Crippen molar-refractivity contribution in [2.24, 2.45) is 0 Å². The van der Waals surface area contributed by atoms with Gasteiger partial charge in [-0.1, -0.05) is 6.92 Å². The number of nitriles is 1. The molecular formula is C12H14N2O4S. The Bertz CT molecular complexity index is 587. The van der Waals surface area contributed by atoms with E-state index in [0.717, 1.165) is 0 Å². The maximum atomic E-state index is 12.2. The van der Waals surface area contributed by atoms with E-state index in [2.05, 4.69) is 0 Å². The fraction of sp³-hybridized carbons (Fsp3) is 0.333. The number of carboxylic acids is 1. The molecule has 0 aliphatic heterocycles. The molecule has 0 saturated carbocycles. The molecular weight excluding hydrogens is 268 g/mol. The third-order valence-electron chi connectivity index (χ3n) is 2.56. The minimum atomic E-state index is -3.68. The van der Waals surface area contributed by atoms with Crippen LogP contribution in [-0.2, 0) is 10.0 Å². The number of nitrogens with zero attached hydrogens (tertiary/aromatic N) is 2. The van der Waals surface area contributed by atoms with Crippen molar-refractivity contribution in [2.45, 2.75) is 18.2 Å². The van der Waals surface area contributed by atoms with Crippen LogP contribution >= 0.6 is 0 Å². The Hall–Kier alpha value is -1.91. The van der Waals surface area contributed by atoms with Gasteiger partial charge in [0.15, 0.2) is 0 Å². The van der Waals surface area contributed by atoms with E-state index in [1.807, 2.05) is 6.07 Å². The number of hydrogen-bond acceptors (Lipinski definition) is 4. The first-order valence-electron chi connectivity index (χ1n) is 5.64. The van der Waals surface area contributed by atoms with Gasteiger partial charge in [0, 0.05) is 19.5 Å². The number of rotatable bonds is 6. The third-order valence-corrected chi connectivity index (χ3v) is 4.55. The van der Waals surface area contributed by atoms with Gasteiger partial charge in [-0.3, -0.25) is 0 Å². The summed E-state index contributed by atoms with van der Waals surface area (Å²) in [7, 11) is -3.68. The number of aromatic carboxylic acids is 1. The lowest BCUT2D eigenvalue weighted by molar-refractivity contribution is 0.0696. The fourth-order valence-electron chi connectivity index (χ4n) is 1.54. The quantitative estimate of drug-likeness (QED) is 0.848. The molecule has 1 aromatic rings. The van der Waals surface area contributed by atoms with E-state index in [4.69, 9.17) is 10.4 Å². The highest BCUT2D eigenvalue weighted by atomic mass is 32.2. The summed E-state index contributed by atoms with van der Waals surface area (Å²) in [6.07, 6.45) is 0.111. The van der Waals surface area contributed by atoms with E-state index in [0.29, 0.717) is 0 Å². The molecule has 0 aliphatic carbocycles. The first-order chi connectivity index (χ1) is 8.93. The third kappa shape index (κ3) is 3.53. The SMILES string of the molecule is CCN(CCC#N)S(=O)(=O)c1ccc(C(=O)O)cc1. The first kappa shape index (κ1) is 15.1. The molecule has 0 bridgehead atoms. The number of carbonyl (C=O) groups is 1. The fourth-order valence-corrected chi connectivity index (χ4v) is 2.99. The number of benzene rings is 1. The molecule has 0 amide bonds. The molecule has 19 heavy (non-hydrogen) atoms. The molecule has 0 spiro atoms. The molecule has 0 radical (unpaired) electrons. The zero-order valence-electron chi connectivity index (χ0n) is 10.4. The summed E-state index contributed by atoms with van der Waals surface area (Å²) in [6.45, 7) is 2.06. The normalized spacial score (nSPS) is 11.2. The lowest BCUT2D eigenvalue weighted by atomic mass is 10.2. The Kier molecular flexibility index (Phi) is 5.03. The molecule has 1 aromatic carbocycles. The standard InChI is InChI=1S/C12H14N2O4S/c1-2-14(9-3-8-13)19(17,18)11-6-4-10(5-7-11)12(15)16/h4-7H,2-3,9H2,1H3,(H,15,16). The summed E-state index contributed by atoms with van der Waals surface area (Å²) in [4.78, 5) is 10.7. The second-order valence-corrected chi connectivity index (χ2v) is 5.67. The molecule has 1 N–H and O–H groups in total. The average Bonchev–Trinajstić information content (AvgIpc) is 2.39. The monoisotopic (exact) mass is 282 g/mol. The number of sulfonamides is 1. The van der Waals surface area contributed by atoms with Crippen molar-refractivity contribution in [3.8, 4) is 6.07 Å². The first-order valence-corrected chi connectivity index (χ1v) is 7.08. The van der Waals surface area contributed by atoms with Crippen molar-refractivity contribution in [1.82, 2.24) is 4.31 Å². The van der Waals surface area contributed by atoms with Crippen LogP contribution in [0.1, 0.15) is 23.7 Å². The van der Waals surface area contributed by atoms with Crippen LogP contribution in [-0.4, -0.2) is 36.9 Å². The maximum absolute atomic E-state index is 12.2. The lowest BCUT2D eigenvalue weighted by Crippen LogP contribution is -2.31. The van der Waals surface area contributed by atoms with Crippen LogP contribution < -0.4 is 0 Å². The van der Waals surface area contributed by atoms with Crippen LogP contribution in [0.4, 0.5) is 0 Å². The molecule has 0 saturated heterocycles. The smallest absolute Gasteiger partial charge is 0.335 e. The summed E-state index contributed by atoms with van der Waals surface area (Å²) in [5.41, 5.74) is 0.0269. The van der Waals surface area contributed by atoms with Crippen molar-refractivity contribution in [3.05, 3.63) is 29.8 Å². The van der Waals surface area contributed by atoms with Gasteiger partial charge >= 0.3 is 5.97 Å². The van der Waals surface area contributed by atoms with Crippen molar-refractivity contribution >= 4 is 16.0 Å². The Morgan fingerprint density at radius 1 is 1.37 bits per heavy atom. The summed E-state index contributed by atoms with van der Waals surface area (Å²) < 4.78 is 25.6. The van der Waals surface area contributed by atoms with E-state index in [1.165, 1.54) is 28.6 Å². The van der Waals surface area contributed by atoms with Crippen molar-refractivity contribution < 1.29 is 18.3 Å².